The van der Waals surface area contributed by atoms with Crippen molar-refractivity contribution < 1.29 is 9.53 Å². The SMILES string of the molecule is CCNC(Cn1ccnc1C)(C(=O)OC)C1CC1. The molecule has 5 nitrogen and oxygen atoms in total. The smallest absolute Gasteiger partial charge is 0.328 e. The van der Waals surface area contributed by atoms with E-state index in [-0.39, 0.29) is 5.97 Å². The van der Waals surface area contributed by atoms with Crippen molar-refractivity contribution in [3.05, 3.63) is 18.2 Å². The molecule has 0 aromatic carbocycles. The third kappa shape index (κ3) is 2.27. The lowest BCUT2D eigenvalue weighted by molar-refractivity contribution is -0.150. The summed E-state index contributed by atoms with van der Waals surface area (Å²) < 4.78 is 7.03. The van der Waals surface area contributed by atoms with E-state index in [0.717, 1.165) is 25.2 Å². The summed E-state index contributed by atoms with van der Waals surface area (Å²) in [6, 6.07) is 0. The highest BCUT2D eigenvalue weighted by molar-refractivity contribution is 5.81. The van der Waals surface area contributed by atoms with Crippen LogP contribution in [-0.2, 0) is 16.1 Å². The second-order valence-electron chi connectivity index (χ2n) is 4.87. The summed E-state index contributed by atoms with van der Waals surface area (Å²) in [5.41, 5.74) is -0.602. The summed E-state index contributed by atoms with van der Waals surface area (Å²) in [5.74, 6) is 1.12. The Morgan fingerprint density at radius 2 is 2.39 bits per heavy atom. The number of carbonyl (C=O) groups excluding carboxylic acids is 1. The van der Waals surface area contributed by atoms with Gasteiger partial charge in [0.2, 0.25) is 0 Å². The van der Waals surface area contributed by atoms with Crippen LogP contribution in [0.15, 0.2) is 12.4 Å². The molecular weight excluding hydrogens is 230 g/mol. The molecule has 0 radical (unpaired) electrons. The maximum Gasteiger partial charge on any atom is 0.328 e. The first-order valence-corrected chi connectivity index (χ1v) is 6.45. The molecule has 1 atom stereocenters. The highest BCUT2D eigenvalue weighted by Gasteiger charge is 2.51. The average Bonchev–Trinajstić information content (AvgIpc) is 3.14. The third-order valence-corrected chi connectivity index (χ3v) is 3.66. The molecule has 0 bridgehead atoms. The lowest BCUT2D eigenvalue weighted by atomic mass is 9.92. The summed E-state index contributed by atoms with van der Waals surface area (Å²) in [5, 5.41) is 3.35. The fraction of sp³-hybridized carbons (Fsp3) is 0.692. The molecule has 5 heteroatoms. The van der Waals surface area contributed by atoms with Crippen molar-refractivity contribution in [2.24, 2.45) is 5.92 Å². The summed E-state index contributed by atoms with van der Waals surface area (Å²) in [6.45, 7) is 5.30. The number of methoxy groups -OCH3 is 1. The van der Waals surface area contributed by atoms with Crippen molar-refractivity contribution in [2.75, 3.05) is 13.7 Å². The Kier molecular flexibility index (Phi) is 3.71. The van der Waals surface area contributed by atoms with Crippen LogP contribution in [-0.4, -0.2) is 34.7 Å². The van der Waals surface area contributed by atoms with E-state index in [1.165, 1.54) is 7.11 Å². The number of nitrogens with one attached hydrogen (secondary N) is 1. The van der Waals surface area contributed by atoms with Crippen LogP contribution in [0.25, 0.3) is 0 Å². The standard InChI is InChI=1S/C13H21N3O2/c1-4-15-13(11-5-6-11,12(17)18-3)9-16-8-7-14-10(16)2/h7-8,11,15H,4-6,9H2,1-3H3. The molecule has 1 saturated carbocycles. The van der Waals surface area contributed by atoms with Gasteiger partial charge in [0.1, 0.15) is 11.4 Å². The zero-order chi connectivity index (χ0) is 13.2. The number of likely N-dealkylation sites (N-methyl/N-ethyl adjacent to an activating group) is 1. The van der Waals surface area contributed by atoms with Crippen molar-refractivity contribution in [1.82, 2.24) is 14.9 Å². The molecule has 1 aliphatic rings. The molecular formula is C13H21N3O2. The highest BCUT2D eigenvalue weighted by atomic mass is 16.5. The Bertz CT molecular complexity index is 426. The lowest BCUT2D eigenvalue weighted by Crippen LogP contribution is -2.57. The van der Waals surface area contributed by atoms with Gasteiger partial charge in [0.15, 0.2) is 0 Å². The number of esters is 1. The van der Waals surface area contributed by atoms with Crippen LogP contribution < -0.4 is 5.32 Å². The van der Waals surface area contributed by atoms with Gasteiger partial charge in [0.05, 0.1) is 13.7 Å². The molecule has 0 amide bonds. The minimum absolute atomic E-state index is 0.167. The van der Waals surface area contributed by atoms with E-state index >= 15 is 0 Å². The van der Waals surface area contributed by atoms with Gasteiger partial charge in [-0.15, -0.1) is 0 Å². The van der Waals surface area contributed by atoms with E-state index in [1.54, 1.807) is 6.20 Å². The third-order valence-electron chi connectivity index (χ3n) is 3.66. The molecule has 100 valence electrons. The van der Waals surface area contributed by atoms with Crippen LogP contribution in [0.3, 0.4) is 0 Å². The highest BCUT2D eigenvalue weighted by Crippen LogP contribution is 2.41. The van der Waals surface area contributed by atoms with Crippen molar-refractivity contribution in [3.8, 4) is 0 Å². The molecule has 1 unspecified atom stereocenters. The number of ether oxygens (including phenoxy) is 1. The number of nitrogens with zero attached hydrogens (tertiary/aromatic N) is 2. The molecule has 1 fully saturated rings. The predicted molar refractivity (Wildman–Crippen MR) is 68.1 cm³/mol. The topological polar surface area (TPSA) is 56.2 Å². The van der Waals surface area contributed by atoms with Gasteiger partial charge in [-0.05, 0) is 32.2 Å². The molecule has 0 spiro atoms. The van der Waals surface area contributed by atoms with Crippen molar-refractivity contribution >= 4 is 5.97 Å². The van der Waals surface area contributed by atoms with E-state index in [4.69, 9.17) is 4.74 Å². The molecule has 1 heterocycles. The Morgan fingerprint density at radius 1 is 1.67 bits per heavy atom. The normalized spacial score (nSPS) is 18.4. The average molecular weight is 251 g/mol. The van der Waals surface area contributed by atoms with Crippen molar-refractivity contribution in [3.63, 3.8) is 0 Å². The van der Waals surface area contributed by atoms with Gasteiger partial charge in [0.25, 0.3) is 0 Å². The van der Waals surface area contributed by atoms with Gasteiger partial charge in [-0.1, -0.05) is 6.92 Å². The molecule has 1 aromatic rings. The van der Waals surface area contributed by atoms with Crippen LogP contribution in [0.5, 0.6) is 0 Å². The monoisotopic (exact) mass is 251 g/mol. The number of hydrogen-bond acceptors (Lipinski definition) is 4. The number of aryl methyl sites for hydroxylation is 1. The first-order chi connectivity index (χ1) is 8.64. The van der Waals surface area contributed by atoms with E-state index in [2.05, 4.69) is 10.3 Å². The van der Waals surface area contributed by atoms with Gasteiger partial charge < -0.3 is 14.6 Å². The zero-order valence-corrected chi connectivity index (χ0v) is 11.3. The van der Waals surface area contributed by atoms with Crippen molar-refractivity contribution in [2.45, 2.75) is 38.8 Å². The van der Waals surface area contributed by atoms with E-state index in [0.29, 0.717) is 12.5 Å². The quantitative estimate of drug-likeness (QED) is 0.770. The van der Waals surface area contributed by atoms with Crippen LogP contribution in [0.4, 0.5) is 0 Å². The van der Waals surface area contributed by atoms with Gasteiger partial charge in [-0.25, -0.2) is 9.78 Å². The van der Waals surface area contributed by atoms with E-state index in [1.807, 2.05) is 24.6 Å². The largest absolute Gasteiger partial charge is 0.468 e. The summed E-state index contributed by atoms with van der Waals surface area (Å²) in [6.07, 6.45) is 5.83. The molecule has 1 aliphatic carbocycles. The van der Waals surface area contributed by atoms with Crippen molar-refractivity contribution in [1.29, 1.82) is 0 Å². The Labute approximate surface area is 108 Å². The molecule has 1 aromatic heterocycles. The number of carbonyl (C=O) groups is 1. The Balaban J connectivity index is 2.28. The molecule has 18 heavy (non-hydrogen) atoms. The van der Waals surface area contributed by atoms with Crippen LogP contribution >= 0.6 is 0 Å². The molecule has 0 saturated heterocycles. The first-order valence-electron chi connectivity index (χ1n) is 6.45. The number of aromatic nitrogens is 2. The zero-order valence-electron chi connectivity index (χ0n) is 11.3. The summed E-state index contributed by atoms with van der Waals surface area (Å²) in [4.78, 5) is 16.4. The summed E-state index contributed by atoms with van der Waals surface area (Å²) >= 11 is 0. The number of rotatable bonds is 6. The second-order valence-corrected chi connectivity index (χ2v) is 4.87. The van der Waals surface area contributed by atoms with Gasteiger partial charge in [-0.3, -0.25) is 0 Å². The van der Waals surface area contributed by atoms with Crippen LogP contribution in [0.2, 0.25) is 0 Å². The predicted octanol–water partition coefficient (Wildman–Crippen LogP) is 1.12. The van der Waals surface area contributed by atoms with Crippen LogP contribution in [0.1, 0.15) is 25.6 Å². The fourth-order valence-corrected chi connectivity index (χ4v) is 2.55. The van der Waals surface area contributed by atoms with E-state index < -0.39 is 5.54 Å². The fourth-order valence-electron chi connectivity index (χ4n) is 2.55. The Morgan fingerprint density at radius 3 is 2.83 bits per heavy atom. The maximum atomic E-state index is 12.2. The Hall–Kier alpha value is -1.36. The number of imidazole rings is 1. The number of hydrogen-bond donors (Lipinski definition) is 1. The first kappa shape index (κ1) is 13.1. The second kappa shape index (κ2) is 5.10. The summed E-state index contributed by atoms with van der Waals surface area (Å²) in [7, 11) is 1.46. The maximum absolute atomic E-state index is 12.2. The van der Waals surface area contributed by atoms with Crippen LogP contribution in [0, 0.1) is 12.8 Å². The molecule has 0 aliphatic heterocycles. The molecule has 1 N–H and O–H groups in total. The lowest BCUT2D eigenvalue weighted by Gasteiger charge is -2.32. The molecule has 2 rings (SSSR count). The van der Waals surface area contributed by atoms with E-state index in [9.17, 15) is 4.79 Å². The van der Waals surface area contributed by atoms with Gasteiger partial charge in [0, 0.05) is 12.4 Å². The van der Waals surface area contributed by atoms with Gasteiger partial charge >= 0.3 is 5.97 Å². The van der Waals surface area contributed by atoms with Gasteiger partial charge in [-0.2, -0.15) is 0 Å². The minimum atomic E-state index is -0.602. The minimum Gasteiger partial charge on any atom is -0.468 e.